The summed E-state index contributed by atoms with van der Waals surface area (Å²) in [6, 6.07) is 7.17. The number of ether oxygens (including phenoxy) is 1. The van der Waals surface area contributed by atoms with Gasteiger partial charge in [0.1, 0.15) is 0 Å². The van der Waals surface area contributed by atoms with E-state index >= 15 is 0 Å². The normalized spacial score (nSPS) is 20.5. The molecule has 1 unspecified atom stereocenters. The van der Waals surface area contributed by atoms with Crippen LogP contribution in [0.1, 0.15) is 23.0 Å². The summed E-state index contributed by atoms with van der Waals surface area (Å²) >= 11 is 6.01. The second-order valence-electron chi connectivity index (χ2n) is 6.02. The minimum Gasteiger partial charge on any atom is -0.479 e. The van der Waals surface area contributed by atoms with Gasteiger partial charge in [0.05, 0.1) is 35.8 Å². The van der Waals surface area contributed by atoms with Crippen LogP contribution in [0.2, 0.25) is 5.02 Å². The summed E-state index contributed by atoms with van der Waals surface area (Å²) in [6.07, 6.45) is 0.132. The van der Waals surface area contributed by atoms with Crippen molar-refractivity contribution in [2.45, 2.75) is 26.1 Å². The van der Waals surface area contributed by atoms with Crippen LogP contribution in [0.3, 0.4) is 0 Å². The standard InChI is InChI=1S/C17H18ClN3O4/c1-10-8-20(9-15(25-10)17(23)24)16(22)14-7-19-21(11(14)2)13-5-3-4-12(18)6-13/h3-7,10,15H,8-9H2,1-2H3,(H,23,24)/t10-,15?/m1/s1. The molecular weight excluding hydrogens is 346 g/mol. The molecule has 0 radical (unpaired) electrons. The van der Waals surface area contributed by atoms with E-state index in [9.17, 15) is 9.59 Å². The van der Waals surface area contributed by atoms with Gasteiger partial charge in [0.2, 0.25) is 0 Å². The number of aromatic nitrogens is 2. The monoisotopic (exact) mass is 363 g/mol. The maximum Gasteiger partial charge on any atom is 0.334 e. The fourth-order valence-corrected chi connectivity index (χ4v) is 3.10. The van der Waals surface area contributed by atoms with Gasteiger partial charge < -0.3 is 14.7 Å². The number of aliphatic carboxylic acids is 1. The predicted octanol–water partition coefficient (Wildman–Crippen LogP) is 2.15. The summed E-state index contributed by atoms with van der Waals surface area (Å²) < 4.78 is 6.99. The lowest BCUT2D eigenvalue weighted by atomic mass is 10.1. The predicted molar refractivity (Wildman–Crippen MR) is 91.2 cm³/mol. The summed E-state index contributed by atoms with van der Waals surface area (Å²) in [6.45, 7) is 3.89. The van der Waals surface area contributed by atoms with Gasteiger partial charge in [-0.3, -0.25) is 4.79 Å². The number of halogens is 1. The molecule has 0 aliphatic carbocycles. The quantitative estimate of drug-likeness (QED) is 0.903. The molecule has 1 N–H and O–H groups in total. The van der Waals surface area contributed by atoms with Crippen LogP contribution in [0, 0.1) is 6.92 Å². The number of carbonyl (C=O) groups is 2. The van der Waals surface area contributed by atoms with Crippen LogP contribution < -0.4 is 0 Å². The third-order valence-electron chi connectivity index (χ3n) is 4.12. The Kier molecular flexibility index (Phi) is 4.78. The SMILES string of the molecule is Cc1c(C(=O)N2CC(C(=O)O)O[C@H](C)C2)cnn1-c1cccc(Cl)c1. The number of hydrogen-bond acceptors (Lipinski definition) is 4. The highest BCUT2D eigenvalue weighted by atomic mass is 35.5. The van der Waals surface area contributed by atoms with Crippen molar-refractivity contribution in [3.05, 3.63) is 46.7 Å². The van der Waals surface area contributed by atoms with E-state index < -0.39 is 12.1 Å². The van der Waals surface area contributed by atoms with Gasteiger partial charge >= 0.3 is 5.97 Å². The second kappa shape index (κ2) is 6.85. The van der Waals surface area contributed by atoms with Gasteiger partial charge in [0.25, 0.3) is 5.91 Å². The Morgan fingerprint density at radius 3 is 2.80 bits per heavy atom. The molecule has 8 heteroatoms. The van der Waals surface area contributed by atoms with Gasteiger partial charge in [0, 0.05) is 11.6 Å². The maximum absolute atomic E-state index is 12.8. The number of carboxylic acid groups (broad SMARTS) is 1. The highest BCUT2D eigenvalue weighted by molar-refractivity contribution is 6.30. The topological polar surface area (TPSA) is 84.7 Å². The van der Waals surface area contributed by atoms with E-state index in [4.69, 9.17) is 21.4 Å². The highest BCUT2D eigenvalue weighted by Crippen LogP contribution is 2.21. The zero-order valence-electron chi connectivity index (χ0n) is 13.8. The third-order valence-corrected chi connectivity index (χ3v) is 4.35. The lowest BCUT2D eigenvalue weighted by Gasteiger charge is -2.34. The van der Waals surface area contributed by atoms with Crippen LogP contribution in [-0.4, -0.2) is 57.0 Å². The number of morpholine rings is 1. The van der Waals surface area contributed by atoms with E-state index in [1.54, 1.807) is 36.7 Å². The van der Waals surface area contributed by atoms with E-state index in [1.807, 2.05) is 6.07 Å². The molecular formula is C17H18ClN3O4. The molecule has 1 aliphatic rings. The largest absolute Gasteiger partial charge is 0.479 e. The first-order valence-electron chi connectivity index (χ1n) is 7.85. The molecule has 1 aromatic carbocycles. The van der Waals surface area contributed by atoms with Crippen molar-refractivity contribution in [2.75, 3.05) is 13.1 Å². The molecule has 1 saturated heterocycles. The molecule has 2 heterocycles. The molecule has 3 rings (SSSR count). The Hall–Kier alpha value is -2.38. The Morgan fingerprint density at radius 1 is 1.36 bits per heavy atom. The van der Waals surface area contributed by atoms with E-state index in [-0.39, 0.29) is 18.6 Å². The molecule has 25 heavy (non-hydrogen) atoms. The molecule has 1 aromatic heterocycles. The summed E-state index contributed by atoms with van der Waals surface area (Å²) in [5, 5.41) is 14.0. The van der Waals surface area contributed by atoms with Crippen molar-refractivity contribution in [3.63, 3.8) is 0 Å². The van der Waals surface area contributed by atoms with Crippen LogP contribution in [0.5, 0.6) is 0 Å². The fourth-order valence-electron chi connectivity index (χ4n) is 2.91. The Labute approximate surface area is 149 Å². The zero-order valence-corrected chi connectivity index (χ0v) is 14.6. The van der Waals surface area contributed by atoms with Gasteiger partial charge in [-0.1, -0.05) is 17.7 Å². The van der Waals surface area contributed by atoms with Crippen LogP contribution in [-0.2, 0) is 9.53 Å². The van der Waals surface area contributed by atoms with Crippen molar-refractivity contribution in [1.82, 2.24) is 14.7 Å². The smallest absolute Gasteiger partial charge is 0.334 e. The van der Waals surface area contributed by atoms with Crippen LogP contribution in [0.15, 0.2) is 30.5 Å². The molecule has 0 saturated carbocycles. The highest BCUT2D eigenvalue weighted by Gasteiger charge is 2.34. The molecule has 2 atom stereocenters. The average Bonchev–Trinajstić information content (AvgIpc) is 2.95. The van der Waals surface area contributed by atoms with Crippen LogP contribution in [0.4, 0.5) is 0 Å². The van der Waals surface area contributed by atoms with E-state index in [2.05, 4.69) is 5.10 Å². The molecule has 1 aliphatic heterocycles. The minimum absolute atomic E-state index is 0.0142. The number of benzene rings is 1. The van der Waals surface area contributed by atoms with Crippen LogP contribution >= 0.6 is 11.6 Å². The Bertz CT molecular complexity index is 820. The number of carboxylic acids is 1. The molecule has 1 fully saturated rings. The third kappa shape index (κ3) is 3.52. The lowest BCUT2D eigenvalue weighted by molar-refractivity contribution is -0.160. The van der Waals surface area contributed by atoms with E-state index in [1.165, 1.54) is 11.1 Å². The molecule has 0 spiro atoms. The minimum atomic E-state index is -1.07. The number of carbonyl (C=O) groups excluding carboxylic acids is 1. The van der Waals surface area contributed by atoms with Gasteiger partial charge in [-0.05, 0) is 32.0 Å². The summed E-state index contributed by atoms with van der Waals surface area (Å²) in [4.78, 5) is 25.5. The first-order chi connectivity index (χ1) is 11.9. The molecule has 132 valence electrons. The molecule has 1 amide bonds. The second-order valence-corrected chi connectivity index (χ2v) is 6.46. The number of amides is 1. The van der Waals surface area contributed by atoms with E-state index in [0.29, 0.717) is 22.8 Å². The zero-order chi connectivity index (χ0) is 18.1. The number of hydrogen-bond donors (Lipinski definition) is 1. The molecule has 2 aromatic rings. The van der Waals surface area contributed by atoms with Crippen molar-refractivity contribution in [3.8, 4) is 5.69 Å². The number of rotatable bonds is 3. The van der Waals surface area contributed by atoms with Crippen molar-refractivity contribution >= 4 is 23.5 Å². The fraction of sp³-hybridized carbons (Fsp3) is 0.353. The lowest BCUT2D eigenvalue weighted by Crippen LogP contribution is -2.51. The Balaban J connectivity index is 1.87. The number of nitrogens with zero attached hydrogens (tertiary/aromatic N) is 3. The van der Waals surface area contributed by atoms with Crippen LogP contribution in [0.25, 0.3) is 5.69 Å². The molecule has 0 bridgehead atoms. The van der Waals surface area contributed by atoms with Crippen molar-refractivity contribution < 1.29 is 19.4 Å². The summed E-state index contributed by atoms with van der Waals surface area (Å²) in [5.74, 6) is -1.33. The van der Waals surface area contributed by atoms with E-state index in [0.717, 1.165) is 5.69 Å². The van der Waals surface area contributed by atoms with Crippen molar-refractivity contribution in [2.24, 2.45) is 0 Å². The first kappa shape index (κ1) is 17.4. The maximum atomic E-state index is 12.8. The van der Waals surface area contributed by atoms with Gasteiger partial charge in [-0.15, -0.1) is 0 Å². The summed E-state index contributed by atoms with van der Waals surface area (Å²) in [7, 11) is 0. The Morgan fingerprint density at radius 2 is 2.12 bits per heavy atom. The van der Waals surface area contributed by atoms with Gasteiger partial charge in [0.15, 0.2) is 6.10 Å². The van der Waals surface area contributed by atoms with Gasteiger partial charge in [-0.2, -0.15) is 5.10 Å². The van der Waals surface area contributed by atoms with Gasteiger partial charge in [-0.25, -0.2) is 9.48 Å². The first-order valence-corrected chi connectivity index (χ1v) is 8.22. The molecule has 7 nitrogen and oxygen atoms in total. The average molecular weight is 364 g/mol. The van der Waals surface area contributed by atoms with Crippen molar-refractivity contribution in [1.29, 1.82) is 0 Å². The summed E-state index contributed by atoms with van der Waals surface area (Å²) in [5.41, 5.74) is 1.85.